The van der Waals surface area contributed by atoms with Gasteiger partial charge in [0, 0.05) is 11.9 Å². The Kier molecular flexibility index (Phi) is 5.57. The molecule has 0 saturated carbocycles. The summed E-state index contributed by atoms with van der Waals surface area (Å²) in [5.74, 6) is 1.35. The van der Waals surface area contributed by atoms with Crippen molar-refractivity contribution in [2.75, 3.05) is 0 Å². The van der Waals surface area contributed by atoms with E-state index in [1.54, 1.807) is 6.20 Å². The molecule has 0 amide bonds. The lowest BCUT2D eigenvalue weighted by atomic mass is 10.6. The van der Waals surface area contributed by atoms with Crippen molar-refractivity contribution >= 4 is 5.95 Å². The molecule has 2 aromatic rings. The summed E-state index contributed by atoms with van der Waals surface area (Å²) >= 11 is 0. The monoisotopic (exact) mass is 219 g/mol. The molecule has 2 N–H and O–H groups in total. The van der Waals surface area contributed by atoms with Gasteiger partial charge in [0.15, 0.2) is 0 Å². The number of hydrogen-bond donors (Lipinski definition) is 2. The first kappa shape index (κ1) is 13.9. The Labute approximate surface area is 95.8 Å². The Morgan fingerprint density at radius 3 is 1.81 bits per heavy atom. The summed E-state index contributed by atoms with van der Waals surface area (Å²) in [6.45, 7) is 12.3. The highest BCUT2D eigenvalue weighted by Gasteiger charge is 1.92. The van der Waals surface area contributed by atoms with E-state index in [9.17, 15) is 0 Å². The third-order valence-corrected chi connectivity index (χ3v) is 1.63. The molecular weight excluding hydrogens is 202 g/mol. The molecule has 0 aliphatic carbocycles. The summed E-state index contributed by atoms with van der Waals surface area (Å²) in [4.78, 5) is 16.5. The average Bonchev–Trinajstić information content (AvgIpc) is 2.76. The number of aromatic nitrogens is 4. The third kappa shape index (κ3) is 4.42. The number of aromatic amines is 2. The van der Waals surface area contributed by atoms with Crippen LogP contribution in [0.2, 0.25) is 0 Å². The van der Waals surface area contributed by atoms with E-state index in [-0.39, 0.29) is 7.43 Å². The molecule has 0 aliphatic heterocycles. The van der Waals surface area contributed by atoms with Gasteiger partial charge in [0.25, 0.3) is 0 Å². The van der Waals surface area contributed by atoms with Gasteiger partial charge < -0.3 is 14.8 Å². The summed E-state index contributed by atoms with van der Waals surface area (Å²) in [6.07, 6.45) is 3.45. The van der Waals surface area contributed by atoms with Crippen LogP contribution >= 0.6 is 0 Å². The highest BCUT2D eigenvalue weighted by Crippen LogP contribution is 2.02. The maximum Gasteiger partial charge on any atom is 0.336 e. The second-order valence-electron chi connectivity index (χ2n) is 3.15. The van der Waals surface area contributed by atoms with Crippen LogP contribution < -0.4 is 0 Å². The van der Waals surface area contributed by atoms with Gasteiger partial charge in [0.1, 0.15) is 12.0 Å². The Bertz CT molecular complexity index is 444. The summed E-state index contributed by atoms with van der Waals surface area (Å²) in [5.41, 5.74) is 2.05. The van der Waals surface area contributed by atoms with Crippen molar-refractivity contribution < 1.29 is 0 Å². The van der Waals surface area contributed by atoms with E-state index in [1.807, 2.05) is 27.0 Å². The fourth-order valence-electron chi connectivity index (χ4n) is 0.999. The molecule has 0 spiro atoms. The molecule has 2 heterocycles. The quantitative estimate of drug-likeness (QED) is 0.669. The Balaban J connectivity index is 0.000000267. The van der Waals surface area contributed by atoms with Gasteiger partial charge in [-0.15, -0.1) is 6.57 Å². The molecule has 0 radical (unpaired) electrons. The van der Waals surface area contributed by atoms with E-state index in [0.717, 1.165) is 17.2 Å². The number of hydrogen-bond acceptors (Lipinski definition) is 2. The molecule has 0 saturated heterocycles. The third-order valence-electron chi connectivity index (χ3n) is 1.63. The number of H-pyrrole nitrogens is 2. The summed E-state index contributed by atoms with van der Waals surface area (Å²) in [5, 5.41) is 0. The maximum absolute atomic E-state index is 6.49. The van der Waals surface area contributed by atoms with Crippen LogP contribution in [-0.2, 0) is 0 Å². The second kappa shape index (κ2) is 6.40. The lowest BCUT2D eigenvalue weighted by molar-refractivity contribution is 1.13. The first-order valence-corrected chi connectivity index (χ1v) is 4.49. The highest BCUT2D eigenvalue weighted by atomic mass is 15.0. The largest absolute Gasteiger partial charge is 0.397 e. The van der Waals surface area contributed by atoms with E-state index in [1.165, 1.54) is 0 Å². The molecule has 0 fully saturated rings. The van der Waals surface area contributed by atoms with Gasteiger partial charge >= 0.3 is 5.95 Å². The predicted octanol–water partition coefficient (Wildman–Crippen LogP) is 2.93. The minimum atomic E-state index is 0. The zero-order valence-electron chi connectivity index (χ0n) is 9.00. The molecule has 0 atom stereocenters. The number of nitrogens with zero attached hydrogens (tertiary/aromatic N) is 3. The molecule has 2 rings (SSSR count). The molecule has 16 heavy (non-hydrogen) atoms. The summed E-state index contributed by atoms with van der Waals surface area (Å²) < 4.78 is 0. The van der Waals surface area contributed by atoms with Gasteiger partial charge in [-0.3, -0.25) is 0 Å². The van der Waals surface area contributed by atoms with Gasteiger partial charge in [-0.1, -0.05) is 7.43 Å². The number of nitrogens with one attached hydrogen (secondary N) is 2. The SMILES string of the molecule is C.Cc1cnc(C)[nH]1.[C-]#[N+]c1ncc(C)[nH]1. The first-order valence-electron chi connectivity index (χ1n) is 4.49. The summed E-state index contributed by atoms with van der Waals surface area (Å²) in [7, 11) is 0. The first-order chi connectivity index (χ1) is 7.11. The molecule has 0 bridgehead atoms. The van der Waals surface area contributed by atoms with Crippen molar-refractivity contribution in [2.45, 2.75) is 28.2 Å². The second-order valence-corrected chi connectivity index (χ2v) is 3.15. The van der Waals surface area contributed by atoms with E-state index in [0.29, 0.717) is 5.95 Å². The molecule has 5 heteroatoms. The predicted molar refractivity (Wildman–Crippen MR) is 64.4 cm³/mol. The average molecular weight is 219 g/mol. The van der Waals surface area contributed by atoms with Crippen molar-refractivity contribution in [3.63, 3.8) is 0 Å². The Morgan fingerprint density at radius 1 is 1.06 bits per heavy atom. The molecule has 0 unspecified atom stereocenters. The topological polar surface area (TPSA) is 61.7 Å². The zero-order valence-corrected chi connectivity index (χ0v) is 9.00. The summed E-state index contributed by atoms with van der Waals surface area (Å²) in [6, 6.07) is 0. The smallest absolute Gasteiger partial charge is 0.336 e. The van der Waals surface area contributed by atoms with Crippen LogP contribution in [0.1, 0.15) is 24.6 Å². The van der Waals surface area contributed by atoms with Crippen LogP contribution in [0.5, 0.6) is 0 Å². The Hall–Kier alpha value is -2.09. The number of aryl methyl sites for hydroxylation is 3. The van der Waals surface area contributed by atoms with Crippen LogP contribution in [0.25, 0.3) is 4.85 Å². The van der Waals surface area contributed by atoms with Crippen molar-refractivity contribution in [1.29, 1.82) is 0 Å². The van der Waals surface area contributed by atoms with E-state index >= 15 is 0 Å². The zero-order chi connectivity index (χ0) is 11.3. The van der Waals surface area contributed by atoms with Crippen LogP contribution in [0.3, 0.4) is 0 Å². The van der Waals surface area contributed by atoms with Crippen molar-refractivity contribution in [3.8, 4) is 0 Å². The molecule has 0 aliphatic rings. The lowest BCUT2D eigenvalue weighted by Crippen LogP contribution is -1.70. The molecular formula is C11H17N5. The van der Waals surface area contributed by atoms with Crippen molar-refractivity contribution in [2.24, 2.45) is 0 Å². The fraction of sp³-hybridized carbons (Fsp3) is 0.364. The number of rotatable bonds is 0. The molecule has 2 aromatic heterocycles. The normalized spacial score (nSPS) is 8.38. The van der Waals surface area contributed by atoms with Crippen molar-refractivity contribution in [1.82, 2.24) is 19.9 Å². The van der Waals surface area contributed by atoms with E-state index in [2.05, 4.69) is 24.8 Å². The van der Waals surface area contributed by atoms with Gasteiger partial charge in [0.2, 0.25) is 0 Å². The van der Waals surface area contributed by atoms with Gasteiger partial charge in [-0.2, -0.15) is 4.98 Å². The number of imidazole rings is 2. The van der Waals surface area contributed by atoms with Crippen LogP contribution in [-0.4, -0.2) is 19.9 Å². The van der Waals surface area contributed by atoms with Crippen LogP contribution in [0, 0.1) is 27.3 Å². The molecule has 86 valence electrons. The van der Waals surface area contributed by atoms with Crippen LogP contribution in [0.4, 0.5) is 5.95 Å². The molecule has 0 aromatic carbocycles. The molecule has 5 nitrogen and oxygen atoms in total. The van der Waals surface area contributed by atoms with Crippen LogP contribution in [0.15, 0.2) is 12.4 Å². The van der Waals surface area contributed by atoms with Crippen molar-refractivity contribution in [3.05, 3.63) is 41.0 Å². The highest BCUT2D eigenvalue weighted by molar-refractivity contribution is 5.25. The van der Waals surface area contributed by atoms with E-state index in [4.69, 9.17) is 6.57 Å². The minimum absolute atomic E-state index is 0. The van der Waals surface area contributed by atoms with Gasteiger partial charge in [0.05, 0.1) is 5.69 Å². The standard InChI is InChI=1S/C5H5N3.C5H8N2.CH4/c1-4-3-7-5(6-2)8-4;1-4-3-6-5(2)7-4;/h3H,1H3,(H,7,8);3H,1-2H3,(H,6,7);1H4. The van der Waals surface area contributed by atoms with E-state index < -0.39 is 0 Å². The Morgan fingerprint density at radius 2 is 1.62 bits per heavy atom. The van der Waals surface area contributed by atoms with Gasteiger partial charge in [-0.05, 0) is 20.8 Å². The minimum Gasteiger partial charge on any atom is -0.397 e. The lowest BCUT2D eigenvalue weighted by Gasteiger charge is -1.74. The van der Waals surface area contributed by atoms with Gasteiger partial charge in [-0.25, -0.2) is 4.98 Å². The maximum atomic E-state index is 6.49. The fourth-order valence-corrected chi connectivity index (χ4v) is 0.999.